The van der Waals surface area contributed by atoms with Crippen LogP contribution in [0.5, 0.6) is 5.75 Å². The smallest absolute Gasteiger partial charge is 0.337 e. The summed E-state index contributed by atoms with van der Waals surface area (Å²) in [6, 6.07) is 9.52. The van der Waals surface area contributed by atoms with Crippen LogP contribution in [-0.2, 0) is 11.3 Å². The number of aromatic amines is 1. The Morgan fingerprint density at radius 1 is 1.31 bits per heavy atom. The zero-order chi connectivity index (χ0) is 22.8. The molecule has 4 rings (SSSR count). The standard InChI is InChI=1S/C25H31N3O4/c1-4-32-17-8-10-28(22(13-17)16-5-6-19(25(29)30)21(26)12-16)14-20-18-7-9-27-24(18)15(2)11-23(20)31-3/h5-7,9,11-12,17,22,27H,4,8,10,13-14,26H2,1-3H3,(H,29,30)/t17-,22+/m1/s1. The molecule has 32 heavy (non-hydrogen) atoms. The lowest BCUT2D eigenvalue weighted by Gasteiger charge is -2.40. The van der Waals surface area contributed by atoms with Crippen molar-refractivity contribution in [3.63, 3.8) is 0 Å². The molecule has 0 aliphatic carbocycles. The van der Waals surface area contributed by atoms with Gasteiger partial charge < -0.3 is 25.3 Å². The maximum atomic E-state index is 11.4. The average Bonchev–Trinajstić information content (AvgIpc) is 3.27. The summed E-state index contributed by atoms with van der Waals surface area (Å²) in [7, 11) is 1.71. The molecule has 0 radical (unpaired) electrons. The number of aryl methyl sites for hydroxylation is 1. The number of H-pyrrole nitrogens is 1. The minimum Gasteiger partial charge on any atom is -0.496 e. The van der Waals surface area contributed by atoms with Gasteiger partial charge in [-0.1, -0.05) is 6.07 Å². The molecule has 1 fully saturated rings. The number of carboxylic acids is 1. The second kappa shape index (κ2) is 9.22. The lowest BCUT2D eigenvalue weighted by Crippen LogP contribution is -2.39. The van der Waals surface area contributed by atoms with Gasteiger partial charge in [-0.15, -0.1) is 0 Å². The molecule has 0 amide bonds. The number of anilines is 1. The number of hydrogen-bond donors (Lipinski definition) is 3. The summed E-state index contributed by atoms with van der Waals surface area (Å²) in [5, 5.41) is 10.5. The Hall–Kier alpha value is -3.03. The minimum absolute atomic E-state index is 0.0606. The Morgan fingerprint density at radius 2 is 2.12 bits per heavy atom. The molecular formula is C25H31N3O4. The predicted octanol–water partition coefficient (Wildman–Crippen LogP) is 4.51. The summed E-state index contributed by atoms with van der Waals surface area (Å²) >= 11 is 0. The van der Waals surface area contributed by atoms with E-state index in [0.29, 0.717) is 13.2 Å². The lowest BCUT2D eigenvalue weighted by atomic mass is 9.91. The highest BCUT2D eigenvalue weighted by Crippen LogP contribution is 2.38. The normalized spacial score (nSPS) is 19.3. The molecule has 7 nitrogen and oxygen atoms in total. The number of nitrogens with two attached hydrogens (primary N) is 1. The Labute approximate surface area is 188 Å². The van der Waals surface area contributed by atoms with E-state index in [2.05, 4.69) is 28.9 Å². The third kappa shape index (κ3) is 4.18. The van der Waals surface area contributed by atoms with Crippen molar-refractivity contribution >= 4 is 22.6 Å². The quantitative estimate of drug-likeness (QED) is 0.470. The molecule has 1 aliphatic heterocycles. The van der Waals surface area contributed by atoms with Gasteiger partial charge in [0.1, 0.15) is 5.75 Å². The maximum Gasteiger partial charge on any atom is 0.337 e. The van der Waals surface area contributed by atoms with Crippen molar-refractivity contribution in [1.82, 2.24) is 9.88 Å². The van der Waals surface area contributed by atoms with Crippen LogP contribution in [0.2, 0.25) is 0 Å². The van der Waals surface area contributed by atoms with Gasteiger partial charge in [0.15, 0.2) is 0 Å². The van der Waals surface area contributed by atoms with Crippen molar-refractivity contribution in [3.05, 3.63) is 58.8 Å². The summed E-state index contributed by atoms with van der Waals surface area (Å²) in [5.41, 5.74) is 10.9. The number of methoxy groups -OCH3 is 1. The first kappa shape index (κ1) is 22.2. The second-order valence-corrected chi connectivity index (χ2v) is 8.38. The van der Waals surface area contributed by atoms with E-state index in [-0.39, 0.29) is 23.4 Å². The van der Waals surface area contributed by atoms with E-state index in [9.17, 15) is 9.90 Å². The van der Waals surface area contributed by atoms with Crippen LogP contribution in [0.3, 0.4) is 0 Å². The molecule has 1 saturated heterocycles. The number of aromatic nitrogens is 1. The zero-order valence-corrected chi connectivity index (χ0v) is 18.9. The van der Waals surface area contributed by atoms with Gasteiger partial charge in [0.25, 0.3) is 0 Å². The van der Waals surface area contributed by atoms with Crippen LogP contribution in [0, 0.1) is 6.92 Å². The molecule has 2 heterocycles. The minimum atomic E-state index is -1.01. The molecule has 3 aromatic rings. The summed E-state index contributed by atoms with van der Waals surface area (Å²) in [4.78, 5) is 17.2. The number of nitrogen functional groups attached to an aromatic ring is 1. The van der Waals surface area contributed by atoms with Gasteiger partial charge in [-0.05, 0) is 62.1 Å². The summed E-state index contributed by atoms with van der Waals surface area (Å²) < 4.78 is 11.7. The van der Waals surface area contributed by atoms with Crippen molar-refractivity contribution < 1.29 is 19.4 Å². The number of nitrogens with zero attached hydrogens (tertiary/aromatic N) is 1. The summed E-state index contributed by atoms with van der Waals surface area (Å²) in [5.74, 6) is -0.137. The molecule has 2 atom stereocenters. The Morgan fingerprint density at radius 3 is 2.81 bits per heavy atom. The SMILES string of the molecule is CCO[C@@H]1CCN(Cc2c(OC)cc(C)c3[nH]ccc23)[C@H](c2ccc(C(=O)O)c(N)c2)C1. The van der Waals surface area contributed by atoms with E-state index in [1.165, 1.54) is 0 Å². The number of aromatic carboxylic acids is 1. The molecule has 0 spiro atoms. The first-order valence-electron chi connectivity index (χ1n) is 11.0. The van der Waals surface area contributed by atoms with Crippen molar-refractivity contribution in [2.45, 2.75) is 45.4 Å². The van der Waals surface area contributed by atoms with E-state index in [1.807, 2.05) is 19.2 Å². The number of carbonyl (C=O) groups is 1. The van der Waals surface area contributed by atoms with Crippen molar-refractivity contribution in [3.8, 4) is 5.75 Å². The van der Waals surface area contributed by atoms with E-state index in [0.717, 1.165) is 52.7 Å². The Kier molecular flexibility index (Phi) is 6.39. The van der Waals surface area contributed by atoms with Crippen LogP contribution in [0.25, 0.3) is 10.9 Å². The summed E-state index contributed by atoms with van der Waals surface area (Å²) in [6.07, 6.45) is 3.89. The van der Waals surface area contributed by atoms with Gasteiger partial charge >= 0.3 is 5.97 Å². The number of piperidine rings is 1. The predicted molar refractivity (Wildman–Crippen MR) is 125 cm³/mol. The van der Waals surface area contributed by atoms with Crippen LogP contribution in [0.15, 0.2) is 36.5 Å². The first-order valence-corrected chi connectivity index (χ1v) is 11.0. The fourth-order valence-corrected chi connectivity index (χ4v) is 4.87. The highest BCUT2D eigenvalue weighted by atomic mass is 16.5. The maximum absolute atomic E-state index is 11.4. The number of ether oxygens (including phenoxy) is 2. The number of fused-ring (bicyclic) bond motifs is 1. The molecule has 1 aromatic heterocycles. The fourth-order valence-electron chi connectivity index (χ4n) is 4.87. The van der Waals surface area contributed by atoms with Crippen LogP contribution in [-0.4, -0.2) is 47.3 Å². The fraction of sp³-hybridized carbons (Fsp3) is 0.400. The number of hydrogen-bond acceptors (Lipinski definition) is 5. The van der Waals surface area contributed by atoms with Gasteiger partial charge in [-0.2, -0.15) is 0 Å². The molecular weight excluding hydrogens is 406 g/mol. The zero-order valence-electron chi connectivity index (χ0n) is 18.9. The number of rotatable bonds is 7. The number of carboxylic acid groups (broad SMARTS) is 1. The Balaban J connectivity index is 1.72. The lowest BCUT2D eigenvalue weighted by molar-refractivity contribution is -0.0138. The molecule has 2 aromatic carbocycles. The molecule has 0 saturated carbocycles. The first-order chi connectivity index (χ1) is 15.4. The molecule has 170 valence electrons. The molecule has 7 heteroatoms. The largest absolute Gasteiger partial charge is 0.496 e. The van der Waals surface area contributed by atoms with Crippen molar-refractivity contribution in [2.24, 2.45) is 0 Å². The monoisotopic (exact) mass is 437 g/mol. The van der Waals surface area contributed by atoms with Crippen LogP contribution < -0.4 is 10.5 Å². The number of benzene rings is 2. The number of likely N-dealkylation sites (tertiary alicyclic amines) is 1. The second-order valence-electron chi connectivity index (χ2n) is 8.38. The third-order valence-corrected chi connectivity index (χ3v) is 6.45. The van der Waals surface area contributed by atoms with Gasteiger partial charge in [0.05, 0.1) is 18.8 Å². The van der Waals surface area contributed by atoms with E-state index < -0.39 is 5.97 Å². The average molecular weight is 438 g/mol. The molecule has 4 N–H and O–H groups in total. The van der Waals surface area contributed by atoms with Gasteiger partial charge in [-0.3, -0.25) is 4.90 Å². The van der Waals surface area contributed by atoms with Crippen LogP contribution in [0.4, 0.5) is 5.69 Å². The highest BCUT2D eigenvalue weighted by molar-refractivity contribution is 5.93. The van der Waals surface area contributed by atoms with E-state index >= 15 is 0 Å². The van der Waals surface area contributed by atoms with Gasteiger partial charge in [0, 0.05) is 54.1 Å². The van der Waals surface area contributed by atoms with Crippen LogP contribution >= 0.6 is 0 Å². The van der Waals surface area contributed by atoms with E-state index in [1.54, 1.807) is 19.2 Å². The van der Waals surface area contributed by atoms with E-state index in [4.69, 9.17) is 15.2 Å². The number of nitrogens with one attached hydrogen (secondary N) is 1. The van der Waals surface area contributed by atoms with Crippen molar-refractivity contribution in [2.75, 3.05) is 26.0 Å². The van der Waals surface area contributed by atoms with Gasteiger partial charge in [-0.25, -0.2) is 4.79 Å². The highest BCUT2D eigenvalue weighted by Gasteiger charge is 2.31. The molecule has 0 unspecified atom stereocenters. The van der Waals surface area contributed by atoms with Gasteiger partial charge in [0.2, 0.25) is 0 Å². The van der Waals surface area contributed by atoms with Crippen LogP contribution in [0.1, 0.15) is 52.9 Å². The molecule has 0 bridgehead atoms. The summed E-state index contributed by atoms with van der Waals surface area (Å²) in [6.45, 7) is 6.34. The topological polar surface area (TPSA) is 101 Å². The third-order valence-electron chi connectivity index (χ3n) is 6.45. The molecule has 1 aliphatic rings. The Bertz CT molecular complexity index is 1120. The van der Waals surface area contributed by atoms with Crippen molar-refractivity contribution in [1.29, 1.82) is 0 Å².